The minimum Gasteiger partial charge on any atom is -0.493 e. The van der Waals surface area contributed by atoms with Gasteiger partial charge in [0.2, 0.25) is 0 Å². The molecule has 2 heterocycles. The number of fused-ring (bicyclic) bond motifs is 3. The normalized spacial score (nSPS) is 24.2. The van der Waals surface area contributed by atoms with E-state index in [0.717, 1.165) is 24.3 Å². The molecule has 0 bridgehead atoms. The first-order chi connectivity index (χ1) is 12.1. The van der Waals surface area contributed by atoms with Crippen LogP contribution in [0.2, 0.25) is 5.02 Å². The van der Waals surface area contributed by atoms with Crippen LogP contribution in [-0.2, 0) is 4.74 Å². The highest BCUT2D eigenvalue weighted by Gasteiger charge is 2.41. The summed E-state index contributed by atoms with van der Waals surface area (Å²) >= 11 is 6.43. The molecule has 1 saturated heterocycles. The Morgan fingerprint density at radius 2 is 2.00 bits per heavy atom. The Labute approximate surface area is 153 Å². The molecule has 0 aliphatic carbocycles. The van der Waals surface area contributed by atoms with Gasteiger partial charge in [-0.3, -0.25) is 0 Å². The maximum absolute atomic E-state index is 6.43. The molecule has 0 radical (unpaired) electrons. The van der Waals surface area contributed by atoms with E-state index in [1.807, 2.05) is 12.1 Å². The smallest absolute Gasteiger partial charge is 0.179 e. The predicted octanol–water partition coefficient (Wildman–Crippen LogP) is 4.91. The van der Waals surface area contributed by atoms with Gasteiger partial charge in [0.15, 0.2) is 11.5 Å². The average Bonchev–Trinajstić information content (AvgIpc) is 3.10. The van der Waals surface area contributed by atoms with Gasteiger partial charge in [-0.25, -0.2) is 0 Å². The molecule has 3 atom stereocenters. The molecule has 2 aliphatic rings. The summed E-state index contributed by atoms with van der Waals surface area (Å²) in [5.41, 5.74) is 4.73. The summed E-state index contributed by atoms with van der Waals surface area (Å²) in [6, 6.07) is 10.6. The molecule has 2 aromatic rings. The monoisotopic (exact) mass is 359 g/mol. The third-order valence-corrected chi connectivity index (χ3v) is 5.49. The molecule has 25 heavy (non-hydrogen) atoms. The van der Waals surface area contributed by atoms with Crippen LogP contribution in [0, 0.1) is 12.8 Å². The van der Waals surface area contributed by atoms with Gasteiger partial charge >= 0.3 is 0 Å². The van der Waals surface area contributed by atoms with Crippen LogP contribution in [0.25, 0.3) is 0 Å². The van der Waals surface area contributed by atoms with Crippen molar-refractivity contribution in [2.45, 2.75) is 25.5 Å². The van der Waals surface area contributed by atoms with Crippen LogP contribution in [0.3, 0.4) is 0 Å². The molecule has 4 nitrogen and oxygen atoms in total. The fourth-order valence-corrected chi connectivity index (χ4v) is 4.34. The zero-order valence-corrected chi connectivity index (χ0v) is 15.4. The van der Waals surface area contributed by atoms with E-state index in [1.165, 1.54) is 11.1 Å². The third kappa shape index (κ3) is 2.74. The lowest BCUT2D eigenvalue weighted by Gasteiger charge is -2.37. The van der Waals surface area contributed by atoms with Crippen LogP contribution in [0.4, 0.5) is 5.69 Å². The Kier molecular flexibility index (Phi) is 4.26. The number of anilines is 1. The van der Waals surface area contributed by atoms with Gasteiger partial charge in [0.05, 0.1) is 31.4 Å². The number of hydrogen-bond donors (Lipinski definition) is 1. The second-order valence-corrected chi connectivity index (χ2v) is 7.10. The Morgan fingerprint density at radius 3 is 2.76 bits per heavy atom. The van der Waals surface area contributed by atoms with Gasteiger partial charge in [0, 0.05) is 23.8 Å². The van der Waals surface area contributed by atoms with E-state index in [9.17, 15) is 0 Å². The molecule has 0 saturated carbocycles. The average molecular weight is 360 g/mol. The second-order valence-electron chi connectivity index (χ2n) is 6.69. The lowest BCUT2D eigenvalue weighted by atomic mass is 9.80. The van der Waals surface area contributed by atoms with Gasteiger partial charge in [-0.05, 0) is 37.1 Å². The van der Waals surface area contributed by atoms with E-state index in [-0.39, 0.29) is 12.1 Å². The van der Waals surface area contributed by atoms with Crippen LogP contribution in [0.1, 0.15) is 35.3 Å². The summed E-state index contributed by atoms with van der Waals surface area (Å²) in [5.74, 6) is 1.58. The van der Waals surface area contributed by atoms with Crippen LogP contribution in [-0.4, -0.2) is 20.8 Å². The molecule has 0 unspecified atom stereocenters. The van der Waals surface area contributed by atoms with E-state index < -0.39 is 0 Å². The highest BCUT2D eigenvalue weighted by molar-refractivity contribution is 6.32. The SMILES string of the molecule is COc1cc([C@H]2Nc3ccc(C)cc3[C@H]3OCC[C@@H]23)cc(Cl)c1OC. The molecule has 5 heteroatoms. The lowest BCUT2D eigenvalue weighted by molar-refractivity contribution is 0.0828. The number of nitrogens with one attached hydrogen (secondary N) is 1. The van der Waals surface area contributed by atoms with Crippen LogP contribution in [0.15, 0.2) is 30.3 Å². The Balaban J connectivity index is 1.78. The van der Waals surface area contributed by atoms with Crippen molar-refractivity contribution in [1.29, 1.82) is 0 Å². The molecule has 0 aromatic heterocycles. The number of ether oxygens (including phenoxy) is 3. The number of rotatable bonds is 3. The molecule has 0 spiro atoms. The van der Waals surface area contributed by atoms with Crippen molar-refractivity contribution in [1.82, 2.24) is 0 Å². The van der Waals surface area contributed by atoms with Crippen molar-refractivity contribution in [2.75, 3.05) is 26.1 Å². The van der Waals surface area contributed by atoms with E-state index in [2.05, 4.69) is 30.4 Å². The van der Waals surface area contributed by atoms with Crippen molar-refractivity contribution in [3.63, 3.8) is 0 Å². The highest BCUT2D eigenvalue weighted by Crippen LogP contribution is 2.51. The van der Waals surface area contributed by atoms with E-state index >= 15 is 0 Å². The van der Waals surface area contributed by atoms with E-state index in [1.54, 1.807) is 14.2 Å². The standard InChI is InChI=1S/C20H22ClNO3/c1-11-4-5-16-14(8-11)19-13(6-7-25-19)18(22-16)12-9-15(21)20(24-3)17(10-12)23-2/h4-5,8-10,13,18-19,22H,6-7H2,1-3H3/t13-,18+,19-/m0/s1. The summed E-state index contributed by atoms with van der Waals surface area (Å²) in [7, 11) is 3.23. The zero-order chi connectivity index (χ0) is 17.6. The number of methoxy groups -OCH3 is 2. The summed E-state index contributed by atoms with van der Waals surface area (Å²) in [6.07, 6.45) is 1.13. The number of benzene rings is 2. The summed E-state index contributed by atoms with van der Waals surface area (Å²) < 4.78 is 16.9. The van der Waals surface area contributed by atoms with Gasteiger partial charge in [-0.2, -0.15) is 0 Å². The highest BCUT2D eigenvalue weighted by atomic mass is 35.5. The zero-order valence-electron chi connectivity index (χ0n) is 14.6. The van der Waals surface area contributed by atoms with Gasteiger partial charge in [0.1, 0.15) is 0 Å². The molecular weight excluding hydrogens is 338 g/mol. The number of aryl methyl sites for hydroxylation is 1. The fraction of sp³-hybridized carbons (Fsp3) is 0.400. The largest absolute Gasteiger partial charge is 0.493 e. The topological polar surface area (TPSA) is 39.7 Å². The minimum absolute atomic E-state index is 0.119. The lowest BCUT2D eigenvalue weighted by Crippen LogP contribution is -2.29. The number of hydrogen-bond acceptors (Lipinski definition) is 4. The molecular formula is C20H22ClNO3. The molecule has 132 valence electrons. The first-order valence-electron chi connectivity index (χ1n) is 8.52. The van der Waals surface area contributed by atoms with Crippen molar-refractivity contribution in [2.24, 2.45) is 5.92 Å². The van der Waals surface area contributed by atoms with Crippen molar-refractivity contribution >= 4 is 17.3 Å². The molecule has 2 aliphatic heterocycles. The van der Waals surface area contributed by atoms with Gasteiger partial charge in [0.25, 0.3) is 0 Å². The Hall–Kier alpha value is -1.91. The van der Waals surface area contributed by atoms with Crippen LogP contribution < -0.4 is 14.8 Å². The van der Waals surface area contributed by atoms with Crippen LogP contribution >= 0.6 is 11.6 Å². The molecule has 4 rings (SSSR count). The van der Waals surface area contributed by atoms with Crippen molar-refractivity contribution < 1.29 is 14.2 Å². The summed E-state index contributed by atoms with van der Waals surface area (Å²) in [4.78, 5) is 0. The summed E-state index contributed by atoms with van der Waals surface area (Å²) in [6.45, 7) is 2.90. The van der Waals surface area contributed by atoms with E-state index in [4.69, 9.17) is 25.8 Å². The van der Waals surface area contributed by atoms with Gasteiger partial charge in [-0.15, -0.1) is 0 Å². The number of halogens is 1. The quantitative estimate of drug-likeness (QED) is 0.845. The molecule has 1 N–H and O–H groups in total. The third-order valence-electron chi connectivity index (χ3n) is 5.21. The van der Waals surface area contributed by atoms with E-state index in [0.29, 0.717) is 22.4 Å². The first kappa shape index (κ1) is 16.6. The predicted molar refractivity (Wildman–Crippen MR) is 98.9 cm³/mol. The summed E-state index contributed by atoms with van der Waals surface area (Å²) in [5, 5.41) is 4.25. The molecule has 2 aromatic carbocycles. The Morgan fingerprint density at radius 1 is 1.16 bits per heavy atom. The molecule has 1 fully saturated rings. The van der Waals surface area contributed by atoms with Crippen molar-refractivity contribution in [3.05, 3.63) is 52.0 Å². The maximum Gasteiger partial charge on any atom is 0.179 e. The second kappa shape index (κ2) is 6.43. The minimum atomic E-state index is 0.119. The van der Waals surface area contributed by atoms with Gasteiger partial charge in [-0.1, -0.05) is 29.3 Å². The van der Waals surface area contributed by atoms with Crippen molar-refractivity contribution in [3.8, 4) is 11.5 Å². The molecule has 0 amide bonds. The van der Waals surface area contributed by atoms with Gasteiger partial charge < -0.3 is 19.5 Å². The maximum atomic E-state index is 6.43. The van der Waals surface area contributed by atoms with Crippen LogP contribution in [0.5, 0.6) is 11.5 Å². The first-order valence-corrected chi connectivity index (χ1v) is 8.90. The Bertz CT molecular complexity index is 808. The fourth-order valence-electron chi connectivity index (χ4n) is 4.04.